The number of esters is 1. The third-order valence-electron chi connectivity index (χ3n) is 7.64. The molecule has 1 heterocycles. The second-order valence-corrected chi connectivity index (χ2v) is 9.85. The Kier molecular flexibility index (Phi) is 4.19. The molecule has 6 heteroatoms. The summed E-state index contributed by atoms with van der Waals surface area (Å²) in [6, 6.07) is 9.94. The van der Waals surface area contributed by atoms with Crippen LogP contribution in [0, 0.1) is 49.4 Å². The van der Waals surface area contributed by atoms with Crippen LogP contribution in [0.1, 0.15) is 27.9 Å². The number of nitrogens with zero attached hydrogens (tertiary/aromatic N) is 1. The SMILES string of the molecule is Cc1cc(OC(=O)c2ccc(N3C(=O)[C@@H]4[C@H]5C=C[C@@H]([C@@H]6C[C@@H]56)[C@H]4C3=O)cc2)cc(C)c1Cl. The lowest BCUT2D eigenvalue weighted by molar-refractivity contribution is -0.124. The number of rotatable bonds is 3. The molecule has 4 aliphatic carbocycles. The van der Waals surface area contributed by atoms with Gasteiger partial charge in [0.25, 0.3) is 0 Å². The minimum Gasteiger partial charge on any atom is -0.423 e. The van der Waals surface area contributed by atoms with Gasteiger partial charge < -0.3 is 4.74 Å². The molecule has 2 aromatic carbocycles. The first kappa shape index (κ1) is 19.7. The molecule has 2 saturated carbocycles. The Morgan fingerprint density at radius 3 is 2.00 bits per heavy atom. The predicted molar refractivity (Wildman–Crippen MR) is 120 cm³/mol. The zero-order valence-corrected chi connectivity index (χ0v) is 18.5. The number of aryl methyl sites for hydroxylation is 2. The Morgan fingerprint density at radius 2 is 1.47 bits per heavy atom. The molecule has 2 aromatic rings. The van der Waals surface area contributed by atoms with E-state index in [9.17, 15) is 14.4 Å². The van der Waals surface area contributed by atoms with Gasteiger partial charge >= 0.3 is 5.97 Å². The van der Waals surface area contributed by atoms with E-state index in [1.807, 2.05) is 13.8 Å². The number of amides is 2. The summed E-state index contributed by atoms with van der Waals surface area (Å²) in [6.45, 7) is 3.71. The summed E-state index contributed by atoms with van der Waals surface area (Å²) in [4.78, 5) is 40.4. The van der Waals surface area contributed by atoms with Crippen molar-refractivity contribution in [3.8, 4) is 5.75 Å². The highest BCUT2D eigenvalue weighted by atomic mass is 35.5. The molecule has 0 radical (unpaired) electrons. The van der Waals surface area contributed by atoms with Crippen molar-refractivity contribution in [2.75, 3.05) is 4.90 Å². The molecule has 2 bridgehead atoms. The van der Waals surface area contributed by atoms with Gasteiger partial charge in [0.05, 0.1) is 23.1 Å². The Balaban J connectivity index is 1.22. The minimum absolute atomic E-state index is 0.104. The van der Waals surface area contributed by atoms with Gasteiger partial charge in [-0.1, -0.05) is 23.8 Å². The number of hydrogen-bond acceptors (Lipinski definition) is 4. The molecular weight excluding hydrogens is 426 g/mol. The molecule has 0 unspecified atom stereocenters. The molecule has 2 amide bonds. The van der Waals surface area contributed by atoms with Gasteiger partial charge in [-0.15, -0.1) is 0 Å². The lowest BCUT2D eigenvalue weighted by Crippen LogP contribution is -2.40. The summed E-state index contributed by atoms with van der Waals surface area (Å²) in [5.41, 5.74) is 2.52. The Labute approximate surface area is 191 Å². The number of allylic oxidation sites excluding steroid dienone is 2. The molecule has 6 atom stereocenters. The van der Waals surface area contributed by atoms with Crippen LogP contribution in [-0.2, 0) is 9.59 Å². The second-order valence-electron chi connectivity index (χ2n) is 9.47. The van der Waals surface area contributed by atoms with Crippen molar-refractivity contribution >= 4 is 35.1 Å². The molecule has 0 N–H and O–H groups in total. The van der Waals surface area contributed by atoms with Crippen molar-refractivity contribution in [3.05, 3.63) is 70.3 Å². The van der Waals surface area contributed by atoms with Crippen molar-refractivity contribution in [2.24, 2.45) is 35.5 Å². The highest BCUT2D eigenvalue weighted by molar-refractivity contribution is 6.32. The van der Waals surface area contributed by atoms with Gasteiger partial charge in [0.15, 0.2) is 0 Å². The Bertz CT molecular complexity index is 1160. The fourth-order valence-electron chi connectivity index (χ4n) is 6.09. The summed E-state index contributed by atoms with van der Waals surface area (Å²) in [5, 5.41) is 0.649. The second kappa shape index (κ2) is 6.79. The molecular formula is C26H22ClNO4. The van der Waals surface area contributed by atoms with Crippen molar-refractivity contribution in [1.82, 2.24) is 0 Å². The summed E-state index contributed by atoms with van der Waals surface area (Å²) in [5.74, 6) is 0.764. The van der Waals surface area contributed by atoms with Gasteiger partial charge in [0.1, 0.15) is 5.75 Å². The number of benzene rings is 2. The highest BCUT2D eigenvalue weighted by Gasteiger charge is 2.67. The molecule has 7 rings (SSSR count). The summed E-state index contributed by atoms with van der Waals surface area (Å²) in [7, 11) is 0. The minimum atomic E-state index is -0.507. The fourth-order valence-corrected chi connectivity index (χ4v) is 6.20. The van der Waals surface area contributed by atoms with Gasteiger partial charge in [-0.05, 0) is 91.5 Å². The van der Waals surface area contributed by atoms with E-state index < -0.39 is 5.97 Å². The Morgan fingerprint density at radius 1 is 0.938 bits per heavy atom. The first-order valence-electron chi connectivity index (χ1n) is 11.0. The fraction of sp³-hybridized carbons (Fsp3) is 0.346. The van der Waals surface area contributed by atoms with Gasteiger partial charge in [0, 0.05) is 5.02 Å². The highest BCUT2D eigenvalue weighted by Crippen LogP contribution is 2.65. The van der Waals surface area contributed by atoms with E-state index >= 15 is 0 Å². The van der Waals surface area contributed by atoms with Gasteiger partial charge in [-0.3, -0.25) is 14.5 Å². The van der Waals surface area contributed by atoms with Crippen LogP contribution in [0.4, 0.5) is 5.69 Å². The van der Waals surface area contributed by atoms with Crippen molar-refractivity contribution in [1.29, 1.82) is 0 Å². The molecule has 1 aliphatic heterocycles. The third kappa shape index (κ3) is 2.73. The molecule has 0 spiro atoms. The van der Waals surface area contributed by atoms with Crippen LogP contribution in [0.5, 0.6) is 5.75 Å². The molecule has 1 saturated heterocycles. The zero-order valence-electron chi connectivity index (χ0n) is 17.7. The largest absolute Gasteiger partial charge is 0.423 e. The first-order chi connectivity index (χ1) is 15.3. The predicted octanol–water partition coefficient (Wildman–Crippen LogP) is 4.73. The number of carbonyl (C=O) groups excluding carboxylic acids is 3. The van der Waals surface area contributed by atoms with E-state index in [1.54, 1.807) is 36.4 Å². The molecule has 5 aliphatic rings. The van der Waals surface area contributed by atoms with E-state index in [-0.39, 0.29) is 35.5 Å². The molecule has 162 valence electrons. The van der Waals surface area contributed by atoms with E-state index in [1.165, 1.54) is 4.90 Å². The number of halogens is 1. The molecule has 32 heavy (non-hydrogen) atoms. The summed E-state index contributed by atoms with van der Waals surface area (Å²) >= 11 is 6.18. The molecule has 0 aromatic heterocycles. The van der Waals surface area contributed by atoms with Crippen molar-refractivity contribution in [2.45, 2.75) is 20.3 Å². The standard InChI is InChI=1S/C26H22ClNO4/c1-12-9-16(10-13(2)23(12)27)32-26(31)14-3-5-15(6-4-14)28-24(29)21-17-7-8-18(20-11-19(17)20)22(21)25(28)30/h3-10,17-22H,11H2,1-2H3/t17-,18-,19-,20-,21+,22+/m0/s1. The number of hydrogen-bond donors (Lipinski definition) is 0. The van der Waals surface area contributed by atoms with Crippen LogP contribution in [0.15, 0.2) is 48.6 Å². The lowest BCUT2D eigenvalue weighted by Gasteiger charge is -2.37. The van der Waals surface area contributed by atoms with Crippen LogP contribution in [-0.4, -0.2) is 17.8 Å². The maximum atomic E-state index is 13.2. The van der Waals surface area contributed by atoms with Crippen molar-refractivity contribution in [3.63, 3.8) is 0 Å². The quantitative estimate of drug-likeness (QED) is 0.295. The topological polar surface area (TPSA) is 63.7 Å². The van der Waals surface area contributed by atoms with Crippen LogP contribution >= 0.6 is 11.6 Å². The van der Waals surface area contributed by atoms with Crippen LogP contribution in [0.2, 0.25) is 5.02 Å². The number of ether oxygens (including phenoxy) is 1. The maximum absolute atomic E-state index is 13.2. The third-order valence-corrected chi connectivity index (χ3v) is 8.24. The number of carbonyl (C=O) groups is 3. The summed E-state index contributed by atoms with van der Waals surface area (Å²) < 4.78 is 5.50. The molecule has 5 nitrogen and oxygen atoms in total. The normalized spacial score (nSPS) is 31.5. The average Bonchev–Trinajstić information content (AvgIpc) is 3.55. The number of anilines is 1. The van der Waals surface area contributed by atoms with E-state index in [0.717, 1.165) is 17.5 Å². The van der Waals surface area contributed by atoms with Crippen molar-refractivity contribution < 1.29 is 19.1 Å². The van der Waals surface area contributed by atoms with Gasteiger partial charge in [-0.25, -0.2) is 4.79 Å². The Hall–Kier alpha value is -2.92. The van der Waals surface area contributed by atoms with Crippen LogP contribution in [0.3, 0.4) is 0 Å². The van der Waals surface area contributed by atoms with E-state index in [4.69, 9.17) is 16.3 Å². The first-order valence-corrected chi connectivity index (χ1v) is 11.4. The van der Waals surface area contributed by atoms with Gasteiger partial charge in [-0.2, -0.15) is 0 Å². The van der Waals surface area contributed by atoms with E-state index in [2.05, 4.69) is 12.2 Å². The zero-order chi connectivity index (χ0) is 22.3. The summed E-state index contributed by atoms with van der Waals surface area (Å²) in [6.07, 6.45) is 5.46. The molecule has 3 fully saturated rings. The van der Waals surface area contributed by atoms with Gasteiger partial charge in [0.2, 0.25) is 11.8 Å². The lowest BCUT2D eigenvalue weighted by atomic mass is 9.63. The van der Waals surface area contributed by atoms with Crippen LogP contribution < -0.4 is 9.64 Å². The van der Waals surface area contributed by atoms with E-state index in [0.29, 0.717) is 33.9 Å². The maximum Gasteiger partial charge on any atom is 0.343 e. The average molecular weight is 448 g/mol. The smallest absolute Gasteiger partial charge is 0.343 e. The van der Waals surface area contributed by atoms with Crippen LogP contribution in [0.25, 0.3) is 0 Å². The monoisotopic (exact) mass is 447 g/mol. The number of imide groups is 1.